The molecule has 0 amide bonds. The zero-order valence-corrected chi connectivity index (χ0v) is 10.3. The van der Waals surface area contributed by atoms with Crippen molar-refractivity contribution < 1.29 is 9.90 Å². The minimum absolute atomic E-state index is 0.0710. The number of benzene rings is 1. The Morgan fingerprint density at radius 2 is 2.32 bits per heavy atom. The van der Waals surface area contributed by atoms with Crippen LogP contribution in [0.2, 0.25) is 0 Å². The lowest BCUT2D eigenvalue weighted by Gasteiger charge is -2.12. The predicted molar refractivity (Wildman–Crippen MR) is 68.6 cm³/mol. The minimum atomic E-state index is -0.937. The number of rotatable bonds is 4. The molecular formula is C14H13N3O2. The fourth-order valence-electron chi connectivity index (χ4n) is 2.41. The molecule has 0 bridgehead atoms. The molecule has 0 atom stereocenters. The highest BCUT2D eigenvalue weighted by Gasteiger charge is 2.42. The largest absolute Gasteiger partial charge is 0.478 e. The third kappa shape index (κ3) is 2.06. The number of fused-ring (bicyclic) bond motifs is 1. The van der Waals surface area contributed by atoms with Gasteiger partial charge < -0.3 is 9.67 Å². The number of imidazole rings is 1. The average molecular weight is 255 g/mol. The van der Waals surface area contributed by atoms with E-state index >= 15 is 0 Å². The quantitative estimate of drug-likeness (QED) is 0.909. The second-order valence-corrected chi connectivity index (χ2v) is 5.22. The van der Waals surface area contributed by atoms with Crippen LogP contribution in [0.5, 0.6) is 0 Å². The van der Waals surface area contributed by atoms with Crippen molar-refractivity contribution in [1.29, 1.82) is 5.26 Å². The molecule has 0 radical (unpaired) electrons. The van der Waals surface area contributed by atoms with Gasteiger partial charge in [-0.1, -0.05) is 0 Å². The molecular weight excluding hydrogens is 242 g/mol. The molecule has 0 unspecified atom stereocenters. The van der Waals surface area contributed by atoms with Crippen molar-refractivity contribution in [2.24, 2.45) is 5.41 Å². The van der Waals surface area contributed by atoms with E-state index in [9.17, 15) is 4.79 Å². The molecule has 1 N–H and O–H groups in total. The molecule has 1 aromatic heterocycles. The number of aromatic carboxylic acids is 1. The van der Waals surface area contributed by atoms with Gasteiger partial charge in [0.2, 0.25) is 0 Å². The Morgan fingerprint density at radius 3 is 2.95 bits per heavy atom. The van der Waals surface area contributed by atoms with Crippen LogP contribution in [0.3, 0.4) is 0 Å². The number of carboxylic acids is 1. The van der Waals surface area contributed by atoms with E-state index < -0.39 is 5.97 Å². The smallest absolute Gasteiger partial charge is 0.335 e. The first-order valence-electron chi connectivity index (χ1n) is 6.19. The molecule has 1 aromatic carbocycles. The van der Waals surface area contributed by atoms with Crippen LogP contribution in [0, 0.1) is 16.7 Å². The van der Waals surface area contributed by atoms with E-state index in [0.717, 1.165) is 30.4 Å². The van der Waals surface area contributed by atoms with Crippen molar-refractivity contribution in [3.63, 3.8) is 0 Å². The Balaban J connectivity index is 1.98. The molecule has 0 spiro atoms. The summed E-state index contributed by atoms with van der Waals surface area (Å²) in [5.74, 6) is -0.937. The fourth-order valence-corrected chi connectivity index (χ4v) is 2.41. The molecule has 5 nitrogen and oxygen atoms in total. The zero-order valence-electron chi connectivity index (χ0n) is 10.3. The highest BCUT2D eigenvalue weighted by Crippen LogP contribution is 2.50. The van der Waals surface area contributed by atoms with E-state index in [4.69, 9.17) is 10.4 Å². The van der Waals surface area contributed by atoms with Gasteiger partial charge in [0, 0.05) is 18.4 Å². The summed E-state index contributed by atoms with van der Waals surface area (Å²) in [5, 5.41) is 17.9. The summed E-state index contributed by atoms with van der Waals surface area (Å²) in [6.07, 6.45) is 4.39. The SMILES string of the molecule is N#CCC1(Cn2cnc3ccc(C(=O)O)cc32)CC1. The van der Waals surface area contributed by atoms with Gasteiger partial charge in [-0.2, -0.15) is 5.26 Å². The first kappa shape index (κ1) is 11.7. The molecule has 1 saturated carbocycles. The van der Waals surface area contributed by atoms with Crippen LogP contribution in [-0.2, 0) is 6.54 Å². The fraction of sp³-hybridized carbons (Fsp3) is 0.357. The maximum Gasteiger partial charge on any atom is 0.335 e. The number of hydrogen-bond acceptors (Lipinski definition) is 3. The van der Waals surface area contributed by atoms with E-state index in [0.29, 0.717) is 6.42 Å². The van der Waals surface area contributed by atoms with Gasteiger partial charge in [0.05, 0.1) is 29.0 Å². The maximum atomic E-state index is 11.0. The van der Waals surface area contributed by atoms with Crippen LogP contribution in [0.25, 0.3) is 11.0 Å². The van der Waals surface area contributed by atoms with E-state index in [1.165, 1.54) is 0 Å². The molecule has 1 heterocycles. The molecule has 1 aliphatic carbocycles. The Morgan fingerprint density at radius 1 is 1.53 bits per heavy atom. The van der Waals surface area contributed by atoms with Crippen molar-refractivity contribution in [2.75, 3.05) is 0 Å². The molecule has 5 heteroatoms. The van der Waals surface area contributed by atoms with Gasteiger partial charge in [-0.3, -0.25) is 0 Å². The number of nitriles is 1. The van der Waals surface area contributed by atoms with Crippen molar-refractivity contribution in [1.82, 2.24) is 9.55 Å². The molecule has 0 saturated heterocycles. The van der Waals surface area contributed by atoms with Crippen LogP contribution < -0.4 is 0 Å². The summed E-state index contributed by atoms with van der Waals surface area (Å²) < 4.78 is 1.96. The predicted octanol–water partition coefficient (Wildman–Crippen LogP) is 2.43. The summed E-state index contributed by atoms with van der Waals surface area (Å²) >= 11 is 0. The molecule has 1 aliphatic rings. The van der Waals surface area contributed by atoms with Crippen LogP contribution in [0.4, 0.5) is 0 Å². The van der Waals surface area contributed by atoms with Gasteiger partial charge in [0.1, 0.15) is 0 Å². The lowest BCUT2D eigenvalue weighted by Crippen LogP contribution is -2.10. The first-order valence-corrected chi connectivity index (χ1v) is 6.19. The summed E-state index contributed by atoms with van der Waals surface area (Å²) in [6, 6.07) is 7.16. The van der Waals surface area contributed by atoms with Gasteiger partial charge in [-0.15, -0.1) is 0 Å². The Bertz CT molecular complexity index is 692. The van der Waals surface area contributed by atoms with Crippen molar-refractivity contribution in [3.8, 4) is 6.07 Å². The lowest BCUT2D eigenvalue weighted by molar-refractivity contribution is 0.0697. The van der Waals surface area contributed by atoms with Crippen molar-refractivity contribution >= 4 is 17.0 Å². The van der Waals surface area contributed by atoms with Crippen LogP contribution >= 0.6 is 0 Å². The van der Waals surface area contributed by atoms with E-state index in [1.54, 1.807) is 24.5 Å². The average Bonchev–Trinajstić information content (AvgIpc) is 3.03. The minimum Gasteiger partial charge on any atom is -0.478 e. The van der Waals surface area contributed by atoms with Gasteiger partial charge in [-0.05, 0) is 31.0 Å². The highest BCUT2D eigenvalue weighted by molar-refractivity contribution is 5.92. The Kier molecular flexibility index (Phi) is 2.53. The van der Waals surface area contributed by atoms with Gasteiger partial charge in [0.25, 0.3) is 0 Å². The third-order valence-corrected chi connectivity index (χ3v) is 3.78. The second kappa shape index (κ2) is 4.09. The summed E-state index contributed by atoms with van der Waals surface area (Å²) in [6.45, 7) is 0.736. The molecule has 3 rings (SSSR count). The van der Waals surface area contributed by atoms with Crippen LogP contribution in [0.15, 0.2) is 24.5 Å². The maximum absolute atomic E-state index is 11.0. The van der Waals surface area contributed by atoms with E-state index in [1.807, 2.05) is 4.57 Å². The Hall–Kier alpha value is -2.35. The van der Waals surface area contributed by atoms with Gasteiger partial charge in [0.15, 0.2) is 0 Å². The molecule has 96 valence electrons. The lowest BCUT2D eigenvalue weighted by atomic mass is 10.0. The summed E-state index contributed by atoms with van der Waals surface area (Å²) in [4.78, 5) is 15.3. The third-order valence-electron chi connectivity index (χ3n) is 3.78. The second-order valence-electron chi connectivity index (χ2n) is 5.22. The topological polar surface area (TPSA) is 78.9 Å². The molecule has 19 heavy (non-hydrogen) atoms. The van der Waals surface area contributed by atoms with Crippen molar-refractivity contribution in [3.05, 3.63) is 30.1 Å². The summed E-state index contributed by atoms with van der Waals surface area (Å²) in [7, 11) is 0. The first-order chi connectivity index (χ1) is 9.13. The number of hydrogen-bond donors (Lipinski definition) is 1. The number of nitrogens with zero attached hydrogens (tertiary/aromatic N) is 3. The zero-order chi connectivity index (χ0) is 13.5. The van der Waals surface area contributed by atoms with E-state index in [-0.39, 0.29) is 11.0 Å². The standard InChI is InChI=1S/C14H13N3O2/c15-6-5-14(3-4-14)8-17-9-16-11-2-1-10(13(18)19)7-12(11)17/h1-2,7,9H,3-5,8H2,(H,18,19). The van der Waals surface area contributed by atoms with Crippen molar-refractivity contribution in [2.45, 2.75) is 25.8 Å². The number of aromatic nitrogens is 2. The van der Waals surface area contributed by atoms with Crippen LogP contribution in [0.1, 0.15) is 29.6 Å². The summed E-state index contributed by atoms with van der Waals surface area (Å²) in [5.41, 5.74) is 1.95. The van der Waals surface area contributed by atoms with Crippen LogP contribution in [-0.4, -0.2) is 20.6 Å². The van der Waals surface area contributed by atoms with Gasteiger partial charge in [-0.25, -0.2) is 9.78 Å². The van der Waals surface area contributed by atoms with E-state index in [2.05, 4.69) is 11.1 Å². The molecule has 0 aliphatic heterocycles. The molecule has 2 aromatic rings. The number of carbonyl (C=O) groups is 1. The monoisotopic (exact) mass is 255 g/mol. The highest BCUT2D eigenvalue weighted by atomic mass is 16.4. The molecule has 1 fully saturated rings. The Labute approximate surface area is 110 Å². The van der Waals surface area contributed by atoms with Gasteiger partial charge >= 0.3 is 5.97 Å². The number of carboxylic acid groups (broad SMARTS) is 1. The normalized spacial score (nSPS) is 16.2.